The van der Waals surface area contributed by atoms with Crippen molar-refractivity contribution in [1.82, 2.24) is 0 Å². The summed E-state index contributed by atoms with van der Waals surface area (Å²) in [6.45, 7) is 3.15. The second kappa shape index (κ2) is 4.76. The van der Waals surface area contributed by atoms with Crippen LogP contribution in [0.1, 0.15) is 12.5 Å². The van der Waals surface area contributed by atoms with Crippen LogP contribution in [-0.4, -0.2) is 27.5 Å². The Bertz CT molecular complexity index is 404. The molecule has 16 heavy (non-hydrogen) atoms. The van der Waals surface area contributed by atoms with Crippen LogP contribution >= 0.6 is 11.8 Å². The molecule has 0 saturated heterocycles. The first-order valence-corrected chi connectivity index (χ1v) is 5.77. The maximum absolute atomic E-state index is 10.7. The number of thioether (sulfide) groups is 1. The number of nitrogen functional groups attached to an aromatic ring is 1. The lowest BCUT2D eigenvalue weighted by atomic mass is 10.1. The van der Waals surface area contributed by atoms with Gasteiger partial charge in [-0.15, -0.1) is 11.8 Å². The summed E-state index contributed by atoms with van der Waals surface area (Å²) in [5.74, 6) is -1.13. The summed E-state index contributed by atoms with van der Waals surface area (Å²) in [6.07, 6.45) is 0. The van der Waals surface area contributed by atoms with Crippen molar-refractivity contribution in [3.05, 3.63) is 23.8 Å². The van der Waals surface area contributed by atoms with Crippen molar-refractivity contribution in [1.29, 1.82) is 0 Å². The minimum absolute atomic E-state index is 0.0899. The van der Waals surface area contributed by atoms with Gasteiger partial charge in [0.2, 0.25) is 0 Å². The largest absolute Gasteiger partial charge is 0.479 e. The molecule has 0 bridgehead atoms. The molecular weight excluding hydrogens is 226 g/mol. The molecule has 0 fully saturated rings. The molecule has 0 heterocycles. The summed E-state index contributed by atoms with van der Waals surface area (Å²) >= 11 is 1.29. The monoisotopic (exact) mass is 241 g/mol. The van der Waals surface area contributed by atoms with E-state index in [-0.39, 0.29) is 5.75 Å². The van der Waals surface area contributed by atoms with Gasteiger partial charge in [-0.3, -0.25) is 0 Å². The van der Waals surface area contributed by atoms with Crippen LogP contribution in [0.5, 0.6) is 0 Å². The van der Waals surface area contributed by atoms with Gasteiger partial charge in [0.1, 0.15) is 0 Å². The van der Waals surface area contributed by atoms with E-state index in [1.165, 1.54) is 18.7 Å². The van der Waals surface area contributed by atoms with Crippen LogP contribution in [0.2, 0.25) is 0 Å². The highest BCUT2D eigenvalue weighted by molar-refractivity contribution is 7.99. The fourth-order valence-corrected chi connectivity index (χ4v) is 2.14. The summed E-state index contributed by atoms with van der Waals surface area (Å²) in [5, 5.41) is 18.3. The molecule has 0 amide bonds. The molecule has 1 rings (SSSR count). The van der Waals surface area contributed by atoms with Crippen molar-refractivity contribution >= 4 is 23.4 Å². The number of anilines is 1. The fourth-order valence-electron chi connectivity index (χ4n) is 1.07. The van der Waals surface area contributed by atoms with Crippen molar-refractivity contribution in [2.24, 2.45) is 0 Å². The van der Waals surface area contributed by atoms with Gasteiger partial charge in [0, 0.05) is 16.3 Å². The number of aliphatic carboxylic acids is 1. The van der Waals surface area contributed by atoms with E-state index in [1.54, 1.807) is 12.1 Å². The van der Waals surface area contributed by atoms with Crippen LogP contribution in [0, 0.1) is 6.92 Å². The first-order chi connectivity index (χ1) is 7.34. The van der Waals surface area contributed by atoms with E-state index >= 15 is 0 Å². The van der Waals surface area contributed by atoms with Gasteiger partial charge in [0.25, 0.3) is 0 Å². The Morgan fingerprint density at radius 1 is 1.56 bits per heavy atom. The molecule has 88 valence electrons. The highest BCUT2D eigenvalue weighted by atomic mass is 32.2. The molecule has 1 atom stereocenters. The lowest BCUT2D eigenvalue weighted by molar-refractivity contribution is -0.154. The van der Waals surface area contributed by atoms with Crippen molar-refractivity contribution in [3.63, 3.8) is 0 Å². The van der Waals surface area contributed by atoms with Gasteiger partial charge in [-0.1, -0.05) is 6.07 Å². The third kappa shape index (κ3) is 2.90. The lowest BCUT2D eigenvalue weighted by Crippen LogP contribution is -2.37. The Kier molecular flexibility index (Phi) is 3.83. The summed E-state index contributed by atoms with van der Waals surface area (Å²) < 4.78 is 0. The van der Waals surface area contributed by atoms with Gasteiger partial charge in [-0.25, -0.2) is 4.79 Å². The van der Waals surface area contributed by atoms with Crippen molar-refractivity contribution in [2.45, 2.75) is 24.3 Å². The Morgan fingerprint density at radius 3 is 2.75 bits per heavy atom. The average molecular weight is 241 g/mol. The number of nitrogens with two attached hydrogens (primary N) is 1. The maximum Gasteiger partial charge on any atom is 0.336 e. The molecule has 4 N–H and O–H groups in total. The zero-order valence-corrected chi connectivity index (χ0v) is 10.0. The average Bonchev–Trinajstić information content (AvgIpc) is 2.20. The number of aliphatic hydroxyl groups is 1. The zero-order chi connectivity index (χ0) is 12.3. The number of hydrogen-bond acceptors (Lipinski definition) is 4. The SMILES string of the molecule is Cc1c(N)cccc1SCC(C)(O)C(=O)O. The van der Waals surface area contributed by atoms with E-state index in [4.69, 9.17) is 10.8 Å². The number of benzene rings is 1. The molecule has 0 aliphatic heterocycles. The Balaban J connectivity index is 2.76. The molecule has 1 aromatic carbocycles. The van der Waals surface area contributed by atoms with E-state index < -0.39 is 11.6 Å². The number of carboxylic acid groups (broad SMARTS) is 1. The highest BCUT2D eigenvalue weighted by Gasteiger charge is 2.30. The smallest absolute Gasteiger partial charge is 0.336 e. The summed E-state index contributed by atoms with van der Waals surface area (Å²) in [5.41, 5.74) is 5.58. The lowest BCUT2D eigenvalue weighted by Gasteiger charge is -2.18. The molecule has 0 spiro atoms. The molecule has 0 saturated carbocycles. The molecule has 0 aliphatic carbocycles. The molecule has 4 nitrogen and oxygen atoms in total. The minimum atomic E-state index is -1.72. The first-order valence-electron chi connectivity index (χ1n) is 4.78. The minimum Gasteiger partial charge on any atom is -0.479 e. The molecule has 1 unspecified atom stereocenters. The third-order valence-corrected chi connectivity index (χ3v) is 3.76. The van der Waals surface area contributed by atoms with Crippen LogP contribution in [0.25, 0.3) is 0 Å². The number of rotatable bonds is 4. The Hall–Kier alpha value is -1.20. The van der Waals surface area contributed by atoms with Crippen LogP contribution in [-0.2, 0) is 4.79 Å². The van der Waals surface area contributed by atoms with Gasteiger partial charge in [-0.2, -0.15) is 0 Å². The van der Waals surface area contributed by atoms with Gasteiger partial charge >= 0.3 is 5.97 Å². The van der Waals surface area contributed by atoms with Gasteiger partial charge < -0.3 is 15.9 Å². The van der Waals surface area contributed by atoms with Gasteiger partial charge in [0.15, 0.2) is 5.60 Å². The standard InChI is InChI=1S/C11H15NO3S/c1-7-8(12)4-3-5-9(7)16-6-11(2,15)10(13)14/h3-5,15H,6,12H2,1-2H3,(H,13,14). The van der Waals surface area contributed by atoms with Crippen LogP contribution in [0.3, 0.4) is 0 Å². The Morgan fingerprint density at radius 2 is 2.19 bits per heavy atom. The normalized spacial score (nSPS) is 14.4. The van der Waals surface area contributed by atoms with Crippen molar-refractivity contribution < 1.29 is 15.0 Å². The van der Waals surface area contributed by atoms with Crippen molar-refractivity contribution in [2.75, 3.05) is 11.5 Å². The van der Waals surface area contributed by atoms with Crippen molar-refractivity contribution in [3.8, 4) is 0 Å². The molecule has 0 aliphatic rings. The predicted molar refractivity (Wildman–Crippen MR) is 64.6 cm³/mol. The van der Waals surface area contributed by atoms with Crippen LogP contribution < -0.4 is 5.73 Å². The summed E-state index contributed by atoms with van der Waals surface area (Å²) in [7, 11) is 0. The van der Waals surface area contributed by atoms with Crippen LogP contribution in [0.4, 0.5) is 5.69 Å². The summed E-state index contributed by atoms with van der Waals surface area (Å²) in [6, 6.07) is 5.45. The second-order valence-electron chi connectivity index (χ2n) is 3.84. The van der Waals surface area contributed by atoms with E-state index in [1.807, 2.05) is 13.0 Å². The molecular formula is C11H15NO3S. The zero-order valence-electron chi connectivity index (χ0n) is 9.23. The number of carbonyl (C=O) groups is 1. The quantitative estimate of drug-likeness (QED) is 0.549. The maximum atomic E-state index is 10.7. The topological polar surface area (TPSA) is 83.5 Å². The Labute approximate surface area is 98.5 Å². The van der Waals surface area contributed by atoms with Gasteiger partial charge in [-0.05, 0) is 31.5 Å². The first kappa shape index (κ1) is 12.9. The fraction of sp³-hybridized carbons (Fsp3) is 0.364. The molecule has 5 heteroatoms. The number of carboxylic acids is 1. The molecule has 1 aromatic rings. The van der Waals surface area contributed by atoms with E-state index in [0.29, 0.717) is 5.69 Å². The highest BCUT2D eigenvalue weighted by Crippen LogP contribution is 2.28. The molecule has 0 radical (unpaired) electrons. The van der Waals surface area contributed by atoms with Gasteiger partial charge in [0.05, 0.1) is 0 Å². The van der Waals surface area contributed by atoms with E-state index in [9.17, 15) is 9.90 Å². The van der Waals surface area contributed by atoms with E-state index in [0.717, 1.165) is 10.5 Å². The predicted octanol–water partition coefficient (Wildman–Crippen LogP) is 1.50. The third-order valence-electron chi connectivity index (χ3n) is 2.30. The number of hydrogen-bond donors (Lipinski definition) is 3. The summed E-state index contributed by atoms with van der Waals surface area (Å²) in [4.78, 5) is 11.6. The van der Waals surface area contributed by atoms with Crippen LogP contribution in [0.15, 0.2) is 23.1 Å². The second-order valence-corrected chi connectivity index (χ2v) is 4.86. The molecule has 0 aromatic heterocycles. The van der Waals surface area contributed by atoms with E-state index in [2.05, 4.69) is 0 Å².